The number of aliphatic hydroxyl groups is 1. The van der Waals surface area contributed by atoms with Gasteiger partial charge in [0, 0.05) is 24.7 Å². The Hall–Kier alpha value is -1.44. The third-order valence-electron chi connectivity index (χ3n) is 4.57. The zero-order valence-electron chi connectivity index (χ0n) is 12.9. The molecule has 0 aromatic heterocycles. The molecule has 1 amide bonds. The third-order valence-corrected chi connectivity index (χ3v) is 6.07. The molecule has 2 fully saturated rings. The fourth-order valence-corrected chi connectivity index (χ4v) is 4.55. The second kappa shape index (κ2) is 6.59. The lowest BCUT2D eigenvalue weighted by Gasteiger charge is -2.28. The van der Waals surface area contributed by atoms with E-state index in [-0.39, 0.29) is 10.8 Å². The van der Waals surface area contributed by atoms with Gasteiger partial charge in [-0.3, -0.25) is 4.79 Å². The van der Waals surface area contributed by atoms with Crippen LogP contribution in [0.25, 0.3) is 0 Å². The van der Waals surface area contributed by atoms with Crippen LogP contribution >= 0.6 is 0 Å². The van der Waals surface area contributed by atoms with Crippen LogP contribution in [-0.2, 0) is 14.8 Å². The van der Waals surface area contributed by atoms with E-state index < -0.39 is 22.2 Å². The molecule has 2 aliphatic rings. The summed E-state index contributed by atoms with van der Waals surface area (Å²) in [4.78, 5) is 13.6. The highest BCUT2D eigenvalue weighted by atomic mass is 32.2. The van der Waals surface area contributed by atoms with E-state index in [1.54, 1.807) is 17.0 Å². The monoisotopic (exact) mass is 338 g/mol. The van der Waals surface area contributed by atoms with Gasteiger partial charge in [-0.05, 0) is 43.5 Å². The summed E-state index contributed by atoms with van der Waals surface area (Å²) in [5, 5.41) is 9.92. The van der Waals surface area contributed by atoms with Crippen molar-refractivity contribution in [3.63, 3.8) is 0 Å². The molecule has 1 aliphatic carbocycles. The molecule has 2 atom stereocenters. The van der Waals surface area contributed by atoms with Crippen molar-refractivity contribution in [3.8, 4) is 0 Å². The molecule has 0 bridgehead atoms. The second-order valence-electron chi connectivity index (χ2n) is 6.22. The first-order valence-electron chi connectivity index (χ1n) is 8.08. The van der Waals surface area contributed by atoms with E-state index in [0.717, 1.165) is 24.9 Å². The summed E-state index contributed by atoms with van der Waals surface area (Å²) >= 11 is 0. The van der Waals surface area contributed by atoms with Crippen molar-refractivity contribution >= 4 is 21.6 Å². The summed E-state index contributed by atoms with van der Waals surface area (Å²) in [7, 11) is -3.66. The zero-order valence-corrected chi connectivity index (χ0v) is 13.8. The summed E-state index contributed by atoms with van der Waals surface area (Å²) in [5.74, 6) is 0.0732. The highest BCUT2D eigenvalue weighted by Gasteiger charge is 2.28. The van der Waals surface area contributed by atoms with Gasteiger partial charge in [0.15, 0.2) is 0 Å². The van der Waals surface area contributed by atoms with Crippen molar-refractivity contribution in [2.24, 2.45) is 0 Å². The molecule has 126 valence electrons. The van der Waals surface area contributed by atoms with Gasteiger partial charge < -0.3 is 10.0 Å². The molecular weight excluding hydrogens is 316 g/mol. The average Bonchev–Trinajstić information content (AvgIpc) is 2.96. The van der Waals surface area contributed by atoms with E-state index in [0.29, 0.717) is 25.8 Å². The van der Waals surface area contributed by atoms with Gasteiger partial charge in [-0.1, -0.05) is 12.8 Å². The minimum Gasteiger partial charge on any atom is -0.391 e. The van der Waals surface area contributed by atoms with Crippen LogP contribution in [0, 0.1) is 0 Å². The maximum absolute atomic E-state index is 12.4. The number of carbonyl (C=O) groups is 1. The molecular formula is C16H22N2O4S. The van der Waals surface area contributed by atoms with Crippen LogP contribution < -0.4 is 9.62 Å². The first-order valence-corrected chi connectivity index (χ1v) is 9.56. The Morgan fingerprint density at radius 2 is 1.78 bits per heavy atom. The van der Waals surface area contributed by atoms with Crippen LogP contribution in [0.5, 0.6) is 0 Å². The van der Waals surface area contributed by atoms with E-state index >= 15 is 0 Å². The molecule has 1 saturated heterocycles. The van der Waals surface area contributed by atoms with Crippen molar-refractivity contribution in [3.05, 3.63) is 24.3 Å². The number of nitrogens with one attached hydrogen (secondary N) is 1. The number of nitrogens with zero attached hydrogens (tertiary/aromatic N) is 1. The van der Waals surface area contributed by atoms with E-state index in [1.165, 1.54) is 12.1 Å². The predicted molar refractivity (Wildman–Crippen MR) is 86.6 cm³/mol. The number of hydrogen-bond acceptors (Lipinski definition) is 4. The zero-order chi connectivity index (χ0) is 16.4. The van der Waals surface area contributed by atoms with Crippen LogP contribution in [0.2, 0.25) is 0 Å². The fraction of sp³-hybridized carbons (Fsp3) is 0.562. The highest BCUT2D eigenvalue weighted by molar-refractivity contribution is 7.89. The summed E-state index contributed by atoms with van der Waals surface area (Å²) in [6, 6.07) is 5.93. The lowest BCUT2D eigenvalue weighted by molar-refractivity contribution is -0.117. The Bertz CT molecular complexity index is 672. The Balaban J connectivity index is 1.73. The summed E-state index contributed by atoms with van der Waals surface area (Å²) in [6.07, 6.45) is 3.88. The molecule has 0 spiro atoms. The summed E-state index contributed by atoms with van der Waals surface area (Å²) in [5.41, 5.74) is 0.726. The van der Waals surface area contributed by atoms with Crippen LogP contribution in [0.3, 0.4) is 0 Å². The molecule has 1 saturated carbocycles. The number of hydrogen-bond donors (Lipinski definition) is 2. The van der Waals surface area contributed by atoms with Crippen LogP contribution in [-0.4, -0.2) is 38.1 Å². The highest BCUT2D eigenvalue weighted by Crippen LogP contribution is 2.24. The summed E-state index contributed by atoms with van der Waals surface area (Å²) < 4.78 is 27.5. The number of rotatable bonds is 4. The van der Waals surface area contributed by atoms with Crippen molar-refractivity contribution in [2.45, 2.75) is 55.6 Å². The lowest BCUT2D eigenvalue weighted by Crippen LogP contribution is -2.44. The Kier molecular flexibility index (Phi) is 4.70. The molecule has 1 aliphatic heterocycles. The number of amides is 1. The molecule has 23 heavy (non-hydrogen) atoms. The first kappa shape index (κ1) is 16.4. The number of aliphatic hydroxyl groups excluding tert-OH is 1. The maximum Gasteiger partial charge on any atom is 0.240 e. The van der Waals surface area contributed by atoms with Gasteiger partial charge >= 0.3 is 0 Å². The fourth-order valence-electron chi connectivity index (χ4n) is 3.24. The number of benzene rings is 1. The molecule has 0 radical (unpaired) electrons. The normalized spacial score (nSPS) is 25.8. The van der Waals surface area contributed by atoms with Crippen LogP contribution in [0.15, 0.2) is 29.2 Å². The number of carbonyl (C=O) groups excluding carboxylic acids is 1. The molecule has 1 aromatic carbocycles. The van der Waals surface area contributed by atoms with E-state index in [1.807, 2.05) is 0 Å². The Morgan fingerprint density at radius 1 is 1.09 bits per heavy atom. The van der Waals surface area contributed by atoms with Gasteiger partial charge in [0.2, 0.25) is 15.9 Å². The van der Waals surface area contributed by atoms with Gasteiger partial charge in [0.25, 0.3) is 0 Å². The first-order chi connectivity index (χ1) is 11.0. The molecule has 3 rings (SSSR count). The van der Waals surface area contributed by atoms with E-state index in [9.17, 15) is 18.3 Å². The van der Waals surface area contributed by atoms with E-state index in [2.05, 4.69) is 4.72 Å². The lowest BCUT2D eigenvalue weighted by atomic mass is 9.93. The maximum atomic E-state index is 12.4. The van der Waals surface area contributed by atoms with Crippen molar-refractivity contribution in [1.29, 1.82) is 0 Å². The largest absolute Gasteiger partial charge is 0.391 e. The summed E-state index contributed by atoms with van der Waals surface area (Å²) in [6.45, 7) is 0.678. The molecule has 0 unspecified atom stereocenters. The Morgan fingerprint density at radius 3 is 2.39 bits per heavy atom. The molecule has 6 nitrogen and oxygen atoms in total. The van der Waals surface area contributed by atoms with Gasteiger partial charge in [-0.25, -0.2) is 13.1 Å². The van der Waals surface area contributed by atoms with Crippen molar-refractivity contribution in [1.82, 2.24) is 4.72 Å². The van der Waals surface area contributed by atoms with Crippen LogP contribution in [0.1, 0.15) is 38.5 Å². The van der Waals surface area contributed by atoms with Gasteiger partial charge in [-0.2, -0.15) is 0 Å². The van der Waals surface area contributed by atoms with Crippen molar-refractivity contribution < 1.29 is 18.3 Å². The average molecular weight is 338 g/mol. The van der Waals surface area contributed by atoms with E-state index in [4.69, 9.17) is 0 Å². The number of anilines is 1. The SMILES string of the molecule is O=C1CCCN1c1ccc(S(=O)(=O)N[C@H]2CCCC[C@@H]2O)cc1. The quantitative estimate of drug-likeness (QED) is 0.869. The third kappa shape index (κ3) is 3.57. The predicted octanol–water partition coefficient (Wildman–Crippen LogP) is 1.40. The minimum absolute atomic E-state index is 0.0732. The standard InChI is InChI=1S/C16H22N2O4S/c19-15-5-2-1-4-14(15)17-23(21,22)13-9-7-12(8-10-13)18-11-3-6-16(18)20/h7-10,14-15,17,19H,1-6,11H2/t14-,15-/m0/s1. The molecule has 2 N–H and O–H groups in total. The van der Waals surface area contributed by atoms with Crippen LogP contribution in [0.4, 0.5) is 5.69 Å². The van der Waals surface area contributed by atoms with Gasteiger partial charge in [0.1, 0.15) is 0 Å². The van der Waals surface area contributed by atoms with Gasteiger partial charge in [0.05, 0.1) is 11.0 Å². The smallest absolute Gasteiger partial charge is 0.240 e. The number of sulfonamides is 1. The van der Waals surface area contributed by atoms with Gasteiger partial charge in [-0.15, -0.1) is 0 Å². The Labute approximate surface area is 136 Å². The second-order valence-corrected chi connectivity index (χ2v) is 7.94. The molecule has 1 aromatic rings. The molecule has 1 heterocycles. The topological polar surface area (TPSA) is 86.7 Å². The minimum atomic E-state index is -3.66. The van der Waals surface area contributed by atoms with Crippen molar-refractivity contribution in [2.75, 3.05) is 11.4 Å². The molecule has 7 heteroatoms.